The molecule has 3 fully saturated rings. The second-order valence-electron chi connectivity index (χ2n) is 9.85. The molecule has 0 bridgehead atoms. The zero-order valence-corrected chi connectivity index (χ0v) is 22.8. The fourth-order valence-corrected chi connectivity index (χ4v) is 6.98. The van der Waals surface area contributed by atoms with E-state index in [2.05, 4.69) is 25.8 Å². The monoisotopic (exact) mass is 571 g/mol. The number of anilines is 1. The molecule has 206 valence electrons. The fraction of sp³-hybridized carbons (Fsp3) is 0.462. The van der Waals surface area contributed by atoms with Gasteiger partial charge in [-0.3, -0.25) is 10.1 Å². The van der Waals surface area contributed by atoms with Gasteiger partial charge in [0.2, 0.25) is 5.88 Å². The Hall–Kier alpha value is -3.13. The van der Waals surface area contributed by atoms with Crippen molar-refractivity contribution >= 4 is 48.3 Å². The Bertz CT molecular complexity index is 1470. The summed E-state index contributed by atoms with van der Waals surface area (Å²) >= 11 is 1.22. The van der Waals surface area contributed by atoms with E-state index in [9.17, 15) is 13.2 Å². The molecule has 0 unspecified atom stereocenters. The average molecular weight is 572 g/mol. The normalized spacial score (nSPS) is 21.8. The highest BCUT2D eigenvalue weighted by Gasteiger charge is 2.37. The van der Waals surface area contributed by atoms with Crippen LogP contribution in [0.5, 0.6) is 5.88 Å². The number of pyridine rings is 1. The lowest BCUT2D eigenvalue weighted by atomic mass is 10.1. The molecule has 2 aliphatic heterocycles. The Morgan fingerprint density at radius 1 is 1.13 bits per heavy atom. The molecule has 39 heavy (non-hydrogen) atoms. The maximum atomic E-state index is 13.4. The number of oxime groups is 1. The van der Waals surface area contributed by atoms with Crippen molar-refractivity contribution in [2.75, 3.05) is 31.7 Å². The van der Waals surface area contributed by atoms with Gasteiger partial charge >= 0.3 is 0 Å². The van der Waals surface area contributed by atoms with E-state index in [4.69, 9.17) is 14.3 Å². The third-order valence-corrected chi connectivity index (χ3v) is 10.0. The van der Waals surface area contributed by atoms with Gasteiger partial charge in [0.1, 0.15) is 17.0 Å². The highest BCUT2D eigenvalue weighted by atomic mass is 32.2. The van der Waals surface area contributed by atoms with E-state index >= 15 is 0 Å². The van der Waals surface area contributed by atoms with Crippen LogP contribution in [0.4, 0.5) is 5.13 Å². The zero-order valence-electron chi connectivity index (χ0n) is 21.2. The van der Waals surface area contributed by atoms with Gasteiger partial charge in [0.25, 0.3) is 5.91 Å². The SMILES string of the molecule is O=C(Nc1nc2ccc(OC[C@@H]3CCCN3)nc2s1)/C(=N/O[C@@H]1CCOC1)c1ccc(S(=O)(=O)C2CC2)cc1. The number of thiazole rings is 1. The molecule has 11 nitrogen and oxygen atoms in total. The van der Waals surface area contributed by atoms with Crippen molar-refractivity contribution in [1.82, 2.24) is 15.3 Å². The van der Waals surface area contributed by atoms with Crippen LogP contribution in [0, 0.1) is 0 Å². The molecule has 3 aliphatic rings. The van der Waals surface area contributed by atoms with E-state index in [1.165, 1.54) is 23.5 Å². The summed E-state index contributed by atoms with van der Waals surface area (Å²) in [5, 5.41) is 10.4. The lowest BCUT2D eigenvalue weighted by Gasteiger charge is -2.10. The summed E-state index contributed by atoms with van der Waals surface area (Å²) in [6.07, 6.45) is 4.00. The molecule has 0 spiro atoms. The highest BCUT2D eigenvalue weighted by Crippen LogP contribution is 2.33. The lowest BCUT2D eigenvalue weighted by molar-refractivity contribution is -0.110. The first-order chi connectivity index (χ1) is 19.0. The predicted octanol–water partition coefficient (Wildman–Crippen LogP) is 2.91. The Morgan fingerprint density at radius 2 is 1.97 bits per heavy atom. The molecule has 0 radical (unpaired) electrons. The van der Waals surface area contributed by atoms with Crippen molar-refractivity contribution in [1.29, 1.82) is 0 Å². The van der Waals surface area contributed by atoms with Gasteiger partial charge in [-0.1, -0.05) is 28.6 Å². The summed E-state index contributed by atoms with van der Waals surface area (Å²) in [5.41, 5.74) is 1.07. The minimum Gasteiger partial charge on any atom is -0.476 e. The van der Waals surface area contributed by atoms with Gasteiger partial charge in [0.15, 0.2) is 26.8 Å². The molecule has 3 aromatic rings. The molecule has 2 saturated heterocycles. The van der Waals surface area contributed by atoms with Gasteiger partial charge < -0.3 is 19.6 Å². The Balaban J connectivity index is 1.19. The van der Waals surface area contributed by atoms with Crippen molar-refractivity contribution in [3.05, 3.63) is 42.0 Å². The van der Waals surface area contributed by atoms with Crippen molar-refractivity contribution in [3.63, 3.8) is 0 Å². The second kappa shape index (κ2) is 11.2. The number of carbonyl (C=O) groups excluding carboxylic acids is 1. The number of sulfone groups is 1. The number of nitrogens with zero attached hydrogens (tertiary/aromatic N) is 3. The maximum absolute atomic E-state index is 13.4. The summed E-state index contributed by atoms with van der Waals surface area (Å²) in [6.45, 7) is 2.51. The molecule has 1 aromatic carbocycles. The van der Waals surface area contributed by atoms with Crippen LogP contribution in [0.25, 0.3) is 10.3 Å². The standard InChI is InChI=1S/C26H29N5O6S2/c32-24(30-26-28-21-9-10-22(29-25(21)38-26)36-14-17-2-1-12-27-17)23(31-37-18-11-13-35-15-18)16-3-5-19(6-4-16)39(33,34)20-7-8-20/h3-6,9-10,17-18,20,27H,1-2,7-8,11-15H2,(H,28,30,32)/b31-23+/t17-,18+/m0/s1. The van der Waals surface area contributed by atoms with Gasteiger partial charge in [-0.15, -0.1) is 0 Å². The van der Waals surface area contributed by atoms with Crippen molar-refractivity contribution < 1.29 is 27.5 Å². The van der Waals surface area contributed by atoms with E-state index < -0.39 is 15.7 Å². The van der Waals surface area contributed by atoms with Gasteiger partial charge in [-0.2, -0.15) is 0 Å². The molecule has 13 heteroatoms. The topological polar surface area (TPSA) is 141 Å². The predicted molar refractivity (Wildman–Crippen MR) is 146 cm³/mol. The second-order valence-corrected chi connectivity index (χ2v) is 13.1. The molecule has 2 aromatic heterocycles. The first-order valence-electron chi connectivity index (χ1n) is 13.1. The third-order valence-electron chi connectivity index (χ3n) is 6.86. The Kier molecular flexibility index (Phi) is 7.47. The van der Waals surface area contributed by atoms with Gasteiger partial charge in [-0.05, 0) is 50.4 Å². The fourth-order valence-electron chi connectivity index (χ4n) is 4.50. The number of rotatable bonds is 10. The van der Waals surface area contributed by atoms with Crippen LogP contribution in [0.15, 0.2) is 46.4 Å². The van der Waals surface area contributed by atoms with Crippen LogP contribution in [0.1, 0.15) is 37.7 Å². The van der Waals surface area contributed by atoms with Crippen LogP contribution < -0.4 is 15.4 Å². The Labute approximate surface area is 229 Å². The largest absolute Gasteiger partial charge is 0.476 e. The van der Waals surface area contributed by atoms with Crippen LogP contribution in [0.2, 0.25) is 0 Å². The molecule has 2 N–H and O–H groups in total. The van der Waals surface area contributed by atoms with Crippen molar-refractivity contribution in [3.8, 4) is 5.88 Å². The zero-order chi connectivity index (χ0) is 26.8. The molecule has 1 saturated carbocycles. The molecule has 1 amide bonds. The van der Waals surface area contributed by atoms with Crippen molar-refractivity contribution in [2.45, 2.75) is 54.4 Å². The molecule has 1 aliphatic carbocycles. The summed E-state index contributed by atoms with van der Waals surface area (Å²) in [6, 6.07) is 10.1. The molecule has 6 rings (SSSR count). The Morgan fingerprint density at radius 3 is 2.69 bits per heavy atom. The number of aromatic nitrogens is 2. The number of ether oxygens (including phenoxy) is 2. The first-order valence-corrected chi connectivity index (χ1v) is 15.4. The van der Waals surface area contributed by atoms with E-state index in [1.54, 1.807) is 18.2 Å². The summed E-state index contributed by atoms with van der Waals surface area (Å²) in [4.78, 5) is 28.8. The first kappa shape index (κ1) is 26.1. The van der Waals surface area contributed by atoms with Crippen LogP contribution in [0.3, 0.4) is 0 Å². The maximum Gasteiger partial charge on any atom is 0.280 e. The third kappa shape index (κ3) is 6.06. The van der Waals surface area contributed by atoms with Crippen LogP contribution in [-0.4, -0.2) is 73.8 Å². The number of nitrogens with one attached hydrogen (secondary N) is 2. The van der Waals surface area contributed by atoms with Gasteiger partial charge in [0, 0.05) is 24.1 Å². The minimum absolute atomic E-state index is 0.0116. The van der Waals surface area contributed by atoms with Crippen LogP contribution >= 0.6 is 11.3 Å². The van der Waals surface area contributed by atoms with E-state index in [0.29, 0.717) is 72.0 Å². The number of amides is 1. The molecule has 2 atom stereocenters. The average Bonchev–Trinajstić information content (AvgIpc) is 3.28. The molecular formula is C26H29N5O6S2. The summed E-state index contributed by atoms with van der Waals surface area (Å²) in [7, 11) is -3.35. The summed E-state index contributed by atoms with van der Waals surface area (Å²) in [5.74, 6) is -0.0250. The van der Waals surface area contributed by atoms with Gasteiger partial charge in [-0.25, -0.2) is 18.4 Å². The molecular weight excluding hydrogens is 542 g/mol. The smallest absolute Gasteiger partial charge is 0.280 e. The number of fused-ring (bicyclic) bond motifs is 1. The van der Waals surface area contributed by atoms with Crippen molar-refractivity contribution in [2.24, 2.45) is 5.16 Å². The number of hydrogen-bond acceptors (Lipinski definition) is 11. The molecule has 4 heterocycles. The van der Waals surface area contributed by atoms with E-state index in [0.717, 1.165) is 19.4 Å². The van der Waals surface area contributed by atoms with Crippen LogP contribution in [-0.2, 0) is 24.2 Å². The highest BCUT2D eigenvalue weighted by molar-refractivity contribution is 7.92. The van der Waals surface area contributed by atoms with E-state index in [1.807, 2.05) is 6.07 Å². The minimum atomic E-state index is -3.35. The number of benzene rings is 1. The van der Waals surface area contributed by atoms with E-state index in [-0.39, 0.29) is 22.0 Å². The number of carbonyl (C=O) groups is 1. The number of hydrogen-bond donors (Lipinski definition) is 2. The quantitative estimate of drug-likeness (QED) is 0.278. The summed E-state index contributed by atoms with van der Waals surface area (Å²) < 4.78 is 36.4. The lowest BCUT2D eigenvalue weighted by Crippen LogP contribution is -2.28. The van der Waals surface area contributed by atoms with Gasteiger partial charge in [0.05, 0.1) is 23.4 Å².